The normalized spacial score (nSPS) is 17.0. The minimum Gasteiger partial charge on any atom is -0.364 e. The highest BCUT2D eigenvalue weighted by molar-refractivity contribution is 7.93. The SMILES string of the molecule is NC(=O)c1nn(-c2c(Cl)cccc2Cl)nc1Nc1ccc(C(=O)N2CCS(=O)(=NC3CC3)CC2)nc1. The molecule has 1 saturated heterocycles. The van der Waals surface area contributed by atoms with E-state index in [0.29, 0.717) is 46.0 Å². The molecule has 2 aromatic heterocycles. The average molecular weight is 549 g/mol. The van der Waals surface area contributed by atoms with Crippen molar-refractivity contribution < 1.29 is 13.8 Å². The molecule has 1 saturated carbocycles. The predicted octanol–water partition coefficient (Wildman–Crippen LogP) is 2.90. The van der Waals surface area contributed by atoms with Crippen LogP contribution in [0.2, 0.25) is 10.0 Å². The molecule has 1 aromatic carbocycles. The molecule has 0 bridgehead atoms. The molecule has 3 N–H and O–H groups in total. The standard InChI is InChI=1S/C22H22Cl2N8O3S/c23-15-2-1-3-16(24)19(15)32-28-18(20(25)33)21(29-32)27-14-6-7-17(26-12-14)22(34)31-8-10-36(35,11-9-31)30-13-4-5-13/h1-3,6-7,12-13H,4-5,8-11H2,(H2,25,33)(H,27,29). The number of hydrogen-bond acceptors (Lipinski definition) is 8. The Morgan fingerprint density at radius 3 is 2.36 bits per heavy atom. The van der Waals surface area contributed by atoms with Crippen molar-refractivity contribution >= 4 is 56.3 Å². The number of hydrogen-bond donors (Lipinski definition) is 2. The number of rotatable bonds is 6. The van der Waals surface area contributed by atoms with Crippen molar-refractivity contribution in [1.82, 2.24) is 24.9 Å². The van der Waals surface area contributed by atoms with Gasteiger partial charge < -0.3 is 16.0 Å². The molecule has 3 heterocycles. The van der Waals surface area contributed by atoms with Gasteiger partial charge >= 0.3 is 0 Å². The molecule has 0 radical (unpaired) electrons. The van der Waals surface area contributed by atoms with Crippen LogP contribution in [0, 0.1) is 0 Å². The first kappa shape index (κ1) is 24.5. The number of anilines is 2. The fourth-order valence-electron chi connectivity index (χ4n) is 3.71. The number of nitrogens with two attached hydrogens (primary N) is 1. The third-order valence-corrected chi connectivity index (χ3v) is 8.70. The smallest absolute Gasteiger partial charge is 0.273 e. The highest BCUT2D eigenvalue weighted by Gasteiger charge is 2.29. The highest BCUT2D eigenvalue weighted by atomic mass is 35.5. The summed E-state index contributed by atoms with van der Waals surface area (Å²) < 4.78 is 17.2. The molecule has 3 aromatic rings. The van der Waals surface area contributed by atoms with Crippen LogP contribution in [0.4, 0.5) is 11.5 Å². The van der Waals surface area contributed by atoms with Gasteiger partial charge in [-0.1, -0.05) is 29.3 Å². The van der Waals surface area contributed by atoms with Crippen LogP contribution >= 0.6 is 23.2 Å². The maximum absolute atomic E-state index is 12.9. The summed E-state index contributed by atoms with van der Waals surface area (Å²) in [6.07, 6.45) is 3.46. The molecule has 11 nitrogen and oxygen atoms in total. The number of halogens is 2. The molecule has 1 aliphatic carbocycles. The van der Waals surface area contributed by atoms with Gasteiger partial charge in [-0.2, -0.15) is 0 Å². The second kappa shape index (κ2) is 9.68. The van der Waals surface area contributed by atoms with Crippen molar-refractivity contribution in [3.8, 4) is 5.69 Å². The van der Waals surface area contributed by atoms with Gasteiger partial charge in [0.25, 0.3) is 11.8 Å². The molecule has 14 heteroatoms. The van der Waals surface area contributed by atoms with E-state index in [1.54, 1.807) is 35.2 Å². The van der Waals surface area contributed by atoms with Crippen LogP contribution in [-0.4, -0.2) is 71.5 Å². The third-order valence-electron chi connectivity index (χ3n) is 5.77. The molecule has 2 aliphatic rings. The van der Waals surface area contributed by atoms with Crippen LogP contribution < -0.4 is 11.1 Å². The highest BCUT2D eigenvalue weighted by Crippen LogP contribution is 2.29. The second-order valence-corrected chi connectivity index (χ2v) is 11.9. The van der Waals surface area contributed by atoms with Gasteiger partial charge in [0, 0.05) is 24.6 Å². The van der Waals surface area contributed by atoms with Crippen LogP contribution in [0.15, 0.2) is 40.9 Å². The third kappa shape index (κ3) is 5.15. The van der Waals surface area contributed by atoms with E-state index in [1.807, 2.05) is 0 Å². The van der Waals surface area contributed by atoms with Gasteiger partial charge in [0.1, 0.15) is 11.4 Å². The summed E-state index contributed by atoms with van der Waals surface area (Å²) in [6.45, 7) is 0.760. The molecular formula is C22H22Cl2N8O3S. The quantitative estimate of drug-likeness (QED) is 0.480. The lowest BCUT2D eigenvalue weighted by atomic mass is 10.3. The monoisotopic (exact) mass is 548 g/mol. The number of benzene rings is 1. The maximum atomic E-state index is 12.9. The minimum atomic E-state index is -2.22. The van der Waals surface area contributed by atoms with E-state index in [9.17, 15) is 13.8 Å². The lowest BCUT2D eigenvalue weighted by Gasteiger charge is -2.28. The van der Waals surface area contributed by atoms with Gasteiger partial charge in [0.05, 0.1) is 37.7 Å². The Morgan fingerprint density at radius 2 is 1.78 bits per heavy atom. The number of amides is 2. The lowest BCUT2D eigenvalue weighted by Crippen LogP contribution is -2.44. The first-order valence-electron chi connectivity index (χ1n) is 11.2. The molecular weight excluding hydrogens is 527 g/mol. The van der Waals surface area contributed by atoms with Gasteiger partial charge in [0.15, 0.2) is 11.5 Å². The molecule has 1 aliphatic heterocycles. The van der Waals surface area contributed by atoms with Gasteiger partial charge in [-0.05, 0) is 37.1 Å². The summed E-state index contributed by atoms with van der Waals surface area (Å²) in [7, 11) is -2.22. The Morgan fingerprint density at radius 1 is 1.08 bits per heavy atom. The van der Waals surface area contributed by atoms with Crippen LogP contribution in [0.5, 0.6) is 0 Å². The van der Waals surface area contributed by atoms with Gasteiger partial charge in [-0.15, -0.1) is 15.0 Å². The Bertz CT molecular complexity index is 1430. The number of primary amides is 1. The van der Waals surface area contributed by atoms with Crippen LogP contribution in [0.1, 0.15) is 33.8 Å². The zero-order valence-corrected chi connectivity index (χ0v) is 21.3. The zero-order chi connectivity index (χ0) is 25.4. The Kier molecular flexibility index (Phi) is 6.58. The van der Waals surface area contributed by atoms with Crippen LogP contribution in [-0.2, 0) is 9.73 Å². The summed E-state index contributed by atoms with van der Waals surface area (Å²) in [6, 6.07) is 8.33. The van der Waals surface area contributed by atoms with E-state index < -0.39 is 15.6 Å². The van der Waals surface area contributed by atoms with E-state index in [-0.39, 0.29) is 29.2 Å². The van der Waals surface area contributed by atoms with Gasteiger partial charge in [0.2, 0.25) is 0 Å². The van der Waals surface area contributed by atoms with E-state index in [4.69, 9.17) is 28.9 Å². The Balaban J connectivity index is 1.31. The first-order valence-corrected chi connectivity index (χ1v) is 13.8. The van der Waals surface area contributed by atoms with E-state index in [1.165, 1.54) is 6.20 Å². The molecule has 2 fully saturated rings. The predicted molar refractivity (Wildman–Crippen MR) is 137 cm³/mol. The Hall–Kier alpha value is -3.22. The topological polar surface area (TPSA) is 148 Å². The van der Waals surface area contributed by atoms with Crippen molar-refractivity contribution in [3.05, 3.63) is 58.0 Å². The number of carbonyl (C=O) groups excluding carboxylic acids is 2. The van der Waals surface area contributed by atoms with Crippen molar-refractivity contribution in [2.24, 2.45) is 10.1 Å². The largest absolute Gasteiger partial charge is 0.364 e. The number of pyridine rings is 1. The van der Waals surface area contributed by atoms with Crippen molar-refractivity contribution in [1.29, 1.82) is 0 Å². The molecule has 36 heavy (non-hydrogen) atoms. The van der Waals surface area contributed by atoms with E-state index in [0.717, 1.165) is 17.6 Å². The fourth-order valence-corrected chi connectivity index (χ4v) is 6.44. The summed E-state index contributed by atoms with van der Waals surface area (Å²) in [4.78, 5) is 31.9. The minimum absolute atomic E-state index is 0.0737. The van der Waals surface area contributed by atoms with Crippen molar-refractivity contribution in [2.45, 2.75) is 18.9 Å². The Labute approximate surface area is 217 Å². The molecule has 188 valence electrons. The van der Waals surface area contributed by atoms with E-state index >= 15 is 0 Å². The average Bonchev–Trinajstić information content (AvgIpc) is 3.55. The lowest BCUT2D eigenvalue weighted by molar-refractivity contribution is 0.0765. The number of nitrogens with zero attached hydrogens (tertiary/aromatic N) is 6. The second-order valence-electron chi connectivity index (χ2n) is 8.49. The summed E-state index contributed by atoms with van der Waals surface area (Å²) in [5.41, 5.74) is 6.35. The van der Waals surface area contributed by atoms with Gasteiger partial charge in [-0.3, -0.25) is 9.59 Å². The zero-order valence-electron chi connectivity index (χ0n) is 18.9. The number of aromatic nitrogens is 4. The summed E-state index contributed by atoms with van der Waals surface area (Å²) >= 11 is 12.5. The molecule has 0 spiro atoms. The summed E-state index contributed by atoms with van der Waals surface area (Å²) in [5, 5.41) is 11.9. The number of para-hydroxylation sites is 1. The molecule has 2 amide bonds. The molecule has 5 rings (SSSR count). The number of carbonyl (C=O) groups is 2. The summed E-state index contributed by atoms with van der Waals surface area (Å²) in [5.74, 6) is -0.205. The molecule has 0 atom stereocenters. The first-order chi connectivity index (χ1) is 17.2. The van der Waals surface area contributed by atoms with Crippen molar-refractivity contribution in [3.63, 3.8) is 0 Å². The van der Waals surface area contributed by atoms with Gasteiger partial charge in [-0.25, -0.2) is 13.6 Å². The number of nitrogens with one attached hydrogen (secondary N) is 1. The van der Waals surface area contributed by atoms with E-state index in [2.05, 4.69) is 24.9 Å². The fraction of sp³-hybridized carbons (Fsp3) is 0.318. The van der Waals surface area contributed by atoms with Crippen molar-refractivity contribution in [2.75, 3.05) is 29.9 Å². The maximum Gasteiger partial charge on any atom is 0.273 e. The van der Waals surface area contributed by atoms with Crippen LogP contribution in [0.3, 0.4) is 0 Å². The molecule has 0 unspecified atom stereocenters. The van der Waals surface area contributed by atoms with Crippen LogP contribution in [0.25, 0.3) is 5.69 Å².